The fourth-order valence-corrected chi connectivity index (χ4v) is 4.30. The zero-order chi connectivity index (χ0) is 20.9. The second-order valence-corrected chi connectivity index (χ2v) is 7.99. The molecule has 0 saturated heterocycles. The number of pyridine rings is 1. The average molecular weight is 413 g/mol. The molecule has 1 N–H and O–H groups in total. The summed E-state index contributed by atoms with van der Waals surface area (Å²) in [7, 11) is 3.92. The number of thiophene rings is 1. The molecule has 1 unspecified atom stereocenters. The van der Waals surface area contributed by atoms with Crippen LogP contribution in [0.2, 0.25) is 0 Å². The van der Waals surface area contributed by atoms with Crippen molar-refractivity contribution < 1.29 is 8.78 Å². The van der Waals surface area contributed by atoms with Crippen molar-refractivity contribution in [2.24, 2.45) is 5.18 Å². The number of H-pyrrole nitrogens is 1. The van der Waals surface area contributed by atoms with Crippen molar-refractivity contribution in [3.8, 4) is 11.1 Å². The lowest BCUT2D eigenvalue weighted by Gasteiger charge is -2.20. The number of halogens is 2. The Morgan fingerprint density at radius 3 is 2.41 bits per heavy atom. The van der Waals surface area contributed by atoms with Gasteiger partial charge in [0.25, 0.3) is 5.56 Å². The molecule has 0 aliphatic carbocycles. The Morgan fingerprint density at radius 1 is 1.10 bits per heavy atom. The van der Waals surface area contributed by atoms with Crippen molar-refractivity contribution in [1.29, 1.82) is 0 Å². The molecule has 0 amide bonds. The van der Waals surface area contributed by atoms with E-state index in [4.69, 9.17) is 0 Å². The molecule has 0 aliphatic heterocycles. The molecule has 2 aromatic carbocycles. The summed E-state index contributed by atoms with van der Waals surface area (Å²) in [4.78, 5) is 28.2. The Morgan fingerprint density at radius 2 is 1.79 bits per heavy atom. The van der Waals surface area contributed by atoms with Crippen LogP contribution in [-0.2, 0) is 0 Å². The highest BCUT2D eigenvalue weighted by Gasteiger charge is 2.25. The van der Waals surface area contributed by atoms with Crippen LogP contribution in [0.1, 0.15) is 18.5 Å². The Labute approximate surface area is 168 Å². The fourth-order valence-electron chi connectivity index (χ4n) is 3.51. The minimum Gasteiger partial charge on any atom is -0.318 e. The summed E-state index contributed by atoms with van der Waals surface area (Å²) >= 11 is 1.19. The third-order valence-corrected chi connectivity index (χ3v) is 6.20. The van der Waals surface area contributed by atoms with Crippen LogP contribution in [0.25, 0.3) is 32.1 Å². The molecule has 0 fully saturated rings. The quantitative estimate of drug-likeness (QED) is 0.436. The van der Waals surface area contributed by atoms with Crippen molar-refractivity contribution >= 4 is 38.0 Å². The Bertz CT molecular complexity index is 1310. The molecular weight excluding hydrogens is 396 g/mol. The zero-order valence-corrected chi connectivity index (χ0v) is 16.7. The summed E-state index contributed by atoms with van der Waals surface area (Å²) in [6, 6.07) is 9.06. The van der Waals surface area contributed by atoms with Crippen molar-refractivity contribution in [2.75, 3.05) is 14.1 Å². The standard InChI is InChI=1S/C21H17F2N3O2S/c1-10(26(2)3)11-4-6-12(7-5-11)14-15-13-8-9-29-20(13)21(27)24-18(15)16(22)17(23)19(14)25-28/h4-10H,1-3H3,(H,24,27). The number of hydrogen-bond donors (Lipinski definition) is 1. The predicted molar refractivity (Wildman–Crippen MR) is 113 cm³/mol. The second kappa shape index (κ2) is 7.13. The maximum absolute atomic E-state index is 14.7. The number of aromatic nitrogens is 1. The van der Waals surface area contributed by atoms with E-state index in [2.05, 4.69) is 10.2 Å². The first-order valence-electron chi connectivity index (χ1n) is 8.89. The van der Waals surface area contributed by atoms with Crippen LogP contribution in [0, 0.1) is 16.5 Å². The molecule has 0 saturated carbocycles. The highest BCUT2D eigenvalue weighted by Crippen LogP contribution is 2.43. The van der Waals surface area contributed by atoms with Gasteiger partial charge in [-0.05, 0) is 48.8 Å². The van der Waals surface area contributed by atoms with Gasteiger partial charge in [0.15, 0.2) is 17.3 Å². The van der Waals surface area contributed by atoms with E-state index < -0.39 is 22.9 Å². The largest absolute Gasteiger partial charge is 0.318 e. The summed E-state index contributed by atoms with van der Waals surface area (Å²) in [5.74, 6) is -2.67. The van der Waals surface area contributed by atoms with Gasteiger partial charge < -0.3 is 9.88 Å². The van der Waals surface area contributed by atoms with E-state index in [1.54, 1.807) is 23.6 Å². The van der Waals surface area contributed by atoms with Gasteiger partial charge in [-0.25, -0.2) is 8.78 Å². The molecule has 0 bridgehead atoms. The molecule has 0 aliphatic rings. The number of rotatable bonds is 4. The fraction of sp³-hybridized carbons (Fsp3) is 0.190. The van der Waals surface area contributed by atoms with Gasteiger partial charge >= 0.3 is 0 Å². The van der Waals surface area contributed by atoms with Crippen LogP contribution in [0.5, 0.6) is 0 Å². The van der Waals surface area contributed by atoms with E-state index in [1.165, 1.54) is 11.3 Å². The summed E-state index contributed by atoms with van der Waals surface area (Å²) in [6.45, 7) is 2.04. The number of aromatic amines is 1. The molecule has 0 radical (unpaired) electrons. The van der Waals surface area contributed by atoms with Crippen LogP contribution in [0.15, 0.2) is 45.7 Å². The number of nitrogens with zero attached hydrogens (tertiary/aromatic N) is 2. The molecule has 2 heterocycles. The Hall–Kier alpha value is -2.97. The van der Waals surface area contributed by atoms with Gasteiger partial charge in [-0.3, -0.25) is 4.79 Å². The van der Waals surface area contributed by atoms with Gasteiger partial charge in [-0.2, -0.15) is 0 Å². The molecule has 29 heavy (non-hydrogen) atoms. The molecule has 148 valence electrons. The summed E-state index contributed by atoms with van der Waals surface area (Å²) in [5, 5.41) is 5.21. The van der Waals surface area contributed by atoms with Gasteiger partial charge in [0.05, 0.1) is 5.52 Å². The monoisotopic (exact) mass is 413 g/mol. The van der Waals surface area contributed by atoms with Crippen molar-refractivity contribution in [3.63, 3.8) is 0 Å². The van der Waals surface area contributed by atoms with E-state index >= 15 is 0 Å². The third-order valence-electron chi connectivity index (χ3n) is 5.28. The van der Waals surface area contributed by atoms with Crippen LogP contribution in [0.4, 0.5) is 14.5 Å². The molecule has 4 aromatic rings. The molecule has 1 atom stereocenters. The Balaban J connectivity index is 2.11. The zero-order valence-electron chi connectivity index (χ0n) is 15.9. The molecular formula is C21H17F2N3O2S. The molecule has 2 aromatic heterocycles. The van der Waals surface area contributed by atoms with Crippen LogP contribution in [0.3, 0.4) is 0 Å². The first-order chi connectivity index (χ1) is 13.8. The van der Waals surface area contributed by atoms with Crippen LogP contribution in [-0.4, -0.2) is 24.0 Å². The number of nitroso groups, excluding NO2 is 1. The van der Waals surface area contributed by atoms with Crippen molar-refractivity contribution in [3.05, 3.63) is 68.2 Å². The SMILES string of the molecule is CC(c1ccc(-c2c(N=O)c(F)c(F)c3[nH]c(=O)c4sccc4c23)cc1)N(C)C. The van der Waals surface area contributed by atoms with Gasteiger partial charge in [-0.1, -0.05) is 24.3 Å². The Kier molecular flexibility index (Phi) is 4.76. The van der Waals surface area contributed by atoms with E-state index in [-0.39, 0.29) is 22.5 Å². The number of benzene rings is 2. The maximum Gasteiger partial charge on any atom is 0.266 e. The first kappa shape index (κ1) is 19.4. The summed E-state index contributed by atoms with van der Waals surface area (Å²) in [6.07, 6.45) is 0. The smallest absolute Gasteiger partial charge is 0.266 e. The average Bonchev–Trinajstić information content (AvgIpc) is 3.21. The molecule has 5 nitrogen and oxygen atoms in total. The number of fused-ring (bicyclic) bond motifs is 3. The van der Waals surface area contributed by atoms with Crippen molar-refractivity contribution in [2.45, 2.75) is 13.0 Å². The molecule has 0 spiro atoms. The summed E-state index contributed by atoms with van der Waals surface area (Å²) in [5.41, 5.74) is 0.318. The minimum absolute atomic E-state index is 0.148. The number of hydrogen-bond acceptors (Lipinski definition) is 5. The van der Waals surface area contributed by atoms with Crippen LogP contribution < -0.4 is 5.56 Å². The second-order valence-electron chi connectivity index (χ2n) is 7.07. The van der Waals surface area contributed by atoms with Gasteiger partial charge in [0.2, 0.25) is 0 Å². The third kappa shape index (κ3) is 2.95. The van der Waals surface area contributed by atoms with E-state index in [1.807, 2.05) is 38.1 Å². The van der Waals surface area contributed by atoms with Gasteiger partial charge in [-0.15, -0.1) is 16.2 Å². The highest BCUT2D eigenvalue weighted by molar-refractivity contribution is 7.17. The van der Waals surface area contributed by atoms with Crippen molar-refractivity contribution in [1.82, 2.24) is 9.88 Å². The van der Waals surface area contributed by atoms with Gasteiger partial charge in [0.1, 0.15) is 4.70 Å². The van der Waals surface area contributed by atoms with E-state index in [0.29, 0.717) is 15.6 Å². The predicted octanol–water partition coefficient (Wildman–Crippen LogP) is 5.71. The summed E-state index contributed by atoms with van der Waals surface area (Å²) < 4.78 is 29.7. The molecule has 8 heteroatoms. The molecule has 4 rings (SSSR count). The van der Waals surface area contributed by atoms with Gasteiger partial charge in [0, 0.05) is 22.4 Å². The van der Waals surface area contributed by atoms with Crippen LogP contribution >= 0.6 is 11.3 Å². The minimum atomic E-state index is -1.38. The normalized spacial score (nSPS) is 12.8. The first-order valence-corrected chi connectivity index (χ1v) is 9.77. The van der Waals surface area contributed by atoms with E-state index in [9.17, 15) is 18.5 Å². The number of nitrogens with one attached hydrogen (secondary N) is 1. The lowest BCUT2D eigenvalue weighted by atomic mass is 9.94. The lowest BCUT2D eigenvalue weighted by molar-refractivity contribution is 0.321. The van der Waals surface area contributed by atoms with E-state index in [0.717, 1.165) is 5.56 Å². The highest BCUT2D eigenvalue weighted by atomic mass is 32.1. The maximum atomic E-state index is 14.7. The topological polar surface area (TPSA) is 65.5 Å². The lowest BCUT2D eigenvalue weighted by Crippen LogP contribution is -2.16.